The summed E-state index contributed by atoms with van der Waals surface area (Å²) in [7, 11) is -2.42. The van der Waals surface area contributed by atoms with Crippen molar-refractivity contribution in [2.45, 2.75) is 17.6 Å². The molecule has 3 aromatic rings. The van der Waals surface area contributed by atoms with Gasteiger partial charge in [-0.2, -0.15) is 9.57 Å². The third-order valence-corrected chi connectivity index (χ3v) is 8.66. The van der Waals surface area contributed by atoms with E-state index in [9.17, 15) is 18.5 Å². The lowest BCUT2D eigenvalue weighted by Gasteiger charge is -2.36. The summed E-state index contributed by atoms with van der Waals surface area (Å²) in [5, 5.41) is 9.97. The molecule has 38 heavy (non-hydrogen) atoms. The average molecular weight is 554 g/mol. The molecule has 1 aliphatic rings. The topological polar surface area (TPSA) is 99.9 Å². The highest BCUT2D eigenvalue weighted by molar-refractivity contribution is 7.89. The molecule has 0 N–H and O–H groups in total. The largest absolute Gasteiger partial charge is 0.465 e. The first kappa shape index (κ1) is 27.8. The summed E-state index contributed by atoms with van der Waals surface area (Å²) in [6.45, 7) is 2.55. The van der Waals surface area contributed by atoms with Gasteiger partial charge >= 0.3 is 5.97 Å². The number of nitrogens with zero attached hydrogens (tertiary/aromatic N) is 3. The van der Waals surface area contributed by atoms with Gasteiger partial charge in [-0.15, -0.1) is 0 Å². The fraction of sp³-hybridized carbons (Fsp3) is 0.286. The zero-order valence-corrected chi connectivity index (χ0v) is 22.5. The zero-order chi connectivity index (χ0) is 27.1. The Morgan fingerprint density at radius 2 is 1.66 bits per heavy atom. The fourth-order valence-corrected chi connectivity index (χ4v) is 5.98. The van der Waals surface area contributed by atoms with Crippen LogP contribution in [-0.4, -0.2) is 63.4 Å². The predicted octanol–water partition coefficient (Wildman–Crippen LogP) is 4.26. The molecule has 0 spiro atoms. The van der Waals surface area contributed by atoms with Crippen LogP contribution in [-0.2, 0) is 26.1 Å². The first-order chi connectivity index (χ1) is 18.3. The van der Waals surface area contributed by atoms with E-state index in [4.69, 9.17) is 21.1 Å². The Morgan fingerprint density at radius 1 is 1.00 bits per heavy atom. The number of carbonyl (C=O) groups excluding carboxylic acids is 1. The van der Waals surface area contributed by atoms with Gasteiger partial charge in [-0.25, -0.2) is 13.2 Å². The number of methoxy groups -OCH3 is 1. The Kier molecular flexibility index (Phi) is 9.15. The van der Waals surface area contributed by atoms with Crippen molar-refractivity contribution in [3.63, 3.8) is 0 Å². The Morgan fingerprint density at radius 3 is 2.29 bits per heavy atom. The van der Waals surface area contributed by atoms with Gasteiger partial charge in [-0.3, -0.25) is 4.90 Å². The molecule has 0 amide bonds. The number of ether oxygens (including phenoxy) is 2. The fourth-order valence-electron chi connectivity index (χ4n) is 4.29. The third kappa shape index (κ3) is 6.59. The van der Waals surface area contributed by atoms with Crippen LogP contribution in [0.5, 0.6) is 0 Å². The van der Waals surface area contributed by atoms with E-state index in [2.05, 4.69) is 4.90 Å². The third-order valence-electron chi connectivity index (χ3n) is 6.45. The minimum atomic E-state index is -3.77. The molecule has 1 atom stereocenters. The zero-order valence-electron chi connectivity index (χ0n) is 20.9. The highest BCUT2D eigenvalue weighted by atomic mass is 35.5. The second-order valence-electron chi connectivity index (χ2n) is 8.85. The van der Waals surface area contributed by atoms with Gasteiger partial charge in [0.1, 0.15) is 6.07 Å². The molecule has 1 unspecified atom stereocenters. The van der Waals surface area contributed by atoms with Gasteiger partial charge in [-0.05, 0) is 47.5 Å². The van der Waals surface area contributed by atoms with Crippen molar-refractivity contribution in [1.82, 2.24) is 9.21 Å². The molecule has 0 radical (unpaired) electrons. The number of nitriles is 1. The van der Waals surface area contributed by atoms with Crippen molar-refractivity contribution >= 4 is 27.6 Å². The van der Waals surface area contributed by atoms with Crippen LogP contribution in [0.25, 0.3) is 0 Å². The highest BCUT2D eigenvalue weighted by Crippen LogP contribution is 2.25. The lowest BCUT2D eigenvalue weighted by atomic mass is 10.1. The molecule has 10 heteroatoms. The van der Waals surface area contributed by atoms with Crippen molar-refractivity contribution in [3.05, 3.63) is 100 Å². The predicted molar refractivity (Wildman–Crippen MR) is 143 cm³/mol. The average Bonchev–Trinajstić information content (AvgIpc) is 2.95. The normalized spacial score (nSPS) is 15.5. The first-order valence-corrected chi connectivity index (χ1v) is 13.9. The van der Waals surface area contributed by atoms with E-state index in [1.807, 2.05) is 42.5 Å². The van der Waals surface area contributed by atoms with Gasteiger partial charge in [0.05, 0.1) is 35.8 Å². The van der Waals surface area contributed by atoms with Gasteiger partial charge in [0.2, 0.25) is 10.0 Å². The van der Waals surface area contributed by atoms with E-state index in [0.29, 0.717) is 49.9 Å². The Balaban J connectivity index is 1.42. The minimum absolute atomic E-state index is 0.0385. The van der Waals surface area contributed by atoms with Crippen molar-refractivity contribution in [1.29, 1.82) is 5.26 Å². The maximum atomic E-state index is 13.2. The number of hydrogen-bond donors (Lipinski definition) is 0. The molecule has 1 aliphatic heterocycles. The van der Waals surface area contributed by atoms with E-state index in [-0.39, 0.29) is 16.6 Å². The molecular formula is C28H28ClN3O5S. The van der Waals surface area contributed by atoms with Gasteiger partial charge < -0.3 is 9.47 Å². The Bertz CT molecular complexity index is 1400. The molecular weight excluding hydrogens is 526 g/mol. The second-order valence-corrected chi connectivity index (χ2v) is 11.2. The summed E-state index contributed by atoms with van der Waals surface area (Å²) in [4.78, 5) is 13.9. The number of hydrogen-bond acceptors (Lipinski definition) is 7. The molecule has 0 aromatic heterocycles. The van der Waals surface area contributed by atoms with E-state index in [1.165, 1.54) is 23.5 Å². The molecule has 0 saturated carbocycles. The van der Waals surface area contributed by atoms with Crippen LogP contribution < -0.4 is 0 Å². The maximum Gasteiger partial charge on any atom is 0.337 e. The van der Waals surface area contributed by atoms with E-state index >= 15 is 0 Å². The van der Waals surface area contributed by atoms with Gasteiger partial charge in [0.15, 0.2) is 0 Å². The molecule has 1 heterocycles. The number of sulfonamides is 1. The van der Waals surface area contributed by atoms with Crippen LogP contribution in [0, 0.1) is 11.3 Å². The maximum absolute atomic E-state index is 13.2. The van der Waals surface area contributed by atoms with Crippen LogP contribution in [0.3, 0.4) is 0 Å². The van der Waals surface area contributed by atoms with Crippen LogP contribution in [0.1, 0.15) is 33.2 Å². The molecule has 0 bridgehead atoms. The minimum Gasteiger partial charge on any atom is -0.465 e. The van der Waals surface area contributed by atoms with E-state index < -0.39 is 16.0 Å². The van der Waals surface area contributed by atoms with Gasteiger partial charge in [0.25, 0.3) is 0 Å². The molecule has 1 saturated heterocycles. The summed E-state index contributed by atoms with van der Waals surface area (Å²) in [5.74, 6) is -0.395. The Labute approximate surface area is 228 Å². The monoisotopic (exact) mass is 553 g/mol. The Hall–Kier alpha value is -3.26. The lowest BCUT2D eigenvalue weighted by molar-refractivity contribution is 0.00771. The first-order valence-electron chi connectivity index (χ1n) is 12.1. The van der Waals surface area contributed by atoms with Crippen LogP contribution >= 0.6 is 11.6 Å². The molecule has 0 aliphatic carbocycles. The quantitative estimate of drug-likeness (QED) is 0.365. The van der Waals surface area contributed by atoms with Crippen LogP contribution in [0.4, 0.5) is 0 Å². The second kappa shape index (κ2) is 12.5. The molecule has 8 nitrogen and oxygen atoms in total. The van der Waals surface area contributed by atoms with Crippen molar-refractivity contribution in [2.24, 2.45) is 0 Å². The number of benzene rings is 3. The van der Waals surface area contributed by atoms with Crippen LogP contribution in [0.2, 0.25) is 5.02 Å². The van der Waals surface area contributed by atoms with Crippen molar-refractivity contribution in [2.75, 3.05) is 39.8 Å². The van der Waals surface area contributed by atoms with Crippen molar-refractivity contribution in [3.8, 4) is 6.07 Å². The van der Waals surface area contributed by atoms with E-state index in [0.717, 1.165) is 11.1 Å². The SMILES string of the molecule is COC(=O)c1ccc(COC(CN2CCN(S(=O)(=O)c3ccccc3C#N)CC2)c2ccc(Cl)cc2)cc1. The number of rotatable bonds is 9. The standard InChI is InChI=1S/C28H28ClN3O5S/c1-36-28(33)23-8-6-21(7-9-23)20-37-26(22-10-12-25(29)13-11-22)19-31-14-16-32(17-15-31)38(34,35)27-5-3-2-4-24(27)18-30/h2-13,26H,14-17,19-20H2,1H3. The smallest absolute Gasteiger partial charge is 0.337 e. The summed E-state index contributed by atoms with van der Waals surface area (Å²) < 4.78 is 38.9. The number of halogens is 1. The number of esters is 1. The highest BCUT2D eigenvalue weighted by Gasteiger charge is 2.31. The van der Waals surface area contributed by atoms with Crippen LogP contribution in [0.15, 0.2) is 77.7 Å². The number of carbonyl (C=O) groups is 1. The van der Waals surface area contributed by atoms with Crippen molar-refractivity contribution < 1.29 is 22.7 Å². The molecule has 198 valence electrons. The number of piperazine rings is 1. The molecule has 4 rings (SSSR count). The van der Waals surface area contributed by atoms with Gasteiger partial charge in [0, 0.05) is 37.7 Å². The molecule has 3 aromatic carbocycles. The summed E-state index contributed by atoms with van der Waals surface area (Å²) in [6.07, 6.45) is -0.282. The van der Waals surface area contributed by atoms with E-state index in [1.54, 1.807) is 24.3 Å². The summed E-state index contributed by atoms with van der Waals surface area (Å²) >= 11 is 6.09. The molecule has 1 fully saturated rings. The summed E-state index contributed by atoms with van der Waals surface area (Å²) in [5.41, 5.74) is 2.48. The summed E-state index contributed by atoms with van der Waals surface area (Å²) in [6, 6.07) is 22.8. The lowest BCUT2D eigenvalue weighted by Crippen LogP contribution is -2.49. The van der Waals surface area contributed by atoms with Gasteiger partial charge in [-0.1, -0.05) is 48.0 Å².